The van der Waals surface area contributed by atoms with Crippen molar-refractivity contribution in [2.75, 3.05) is 19.7 Å². The van der Waals surface area contributed by atoms with E-state index in [9.17, 15) is 4.79 Å². The highest BCUT2D eigenvalue weighted by Crippen LogP contribution is 2.23. The van der Waals surface area contributed by atoms with Crippen molar-refractivity contribution in [1.29, 1.82) is 0 Å². The Morgan fingerprint density at radius 2 is 1.94 bits per heavy atom. The summed E-state index contributed by atoms with van der Waals surface area (Å²) in [4.78, 5) is 19.3. The van der Waals surface area contributed by atoms with Crippen LogP contribution in [0, 0.1) is 0 Å². The molecule has 1 unspecified atom stereocenters. The van der Waals surface area contributed by atoms with E-state index in [-0.39, 0.29) is 18.6 Å². The summed E-state index contributed by atoms with van der Waals surface area (Å²) in [5, 5.41) is 9.00. The number of ether oxygens (including phenoxy) is 1. The predicted octanol–water partition coefficient (Wildman–Crippen LogP) is 3.67. The van der Waals surface area contributed by atoms with E-state index in [1.807, 2.05) is 71.8 Å². The zero-order chi connectivity index (χ0) is 21.9. The lowest BCUT2D eigenvalue weighted by molar-refractivity contribution is -0.140. The maximum Gasteiger partial charge on any atom is 0.244 e. The first kappa shape index (κ1) is 20.6. The molecular weight excluding hydrogens is 426 g/mol. The monoisotopic (exact) mass is 447 g/mol. The highest BCUT2D eigenvalue weighted by atomic mass is 35.5. The van der Waals surface area contributed by atoms with Crippen LogP contribution in [-0.4, -0.2) is 50.5 Å². The highest BCUT2D eigenvalue weighted by Gasteiger charge is 2.27. The molecule has 1 fully saturated rings. The zero-order valence-electron chi connectivity index (χ0n) is 17.4. The standard InChI is InChI=1S/C24H22ClN5O2/c25-19-6-2-1-5-18(19)13-17-9-10-21(26-14-17)23-15-29(11-12-32-23)24(31)16-30-22-8-4-3-7-20(22)27-28-30/h1-10,14,23H,11-13,15-16H2. The number of carbonyl (C=O) groups is 1. The third-order valence-corrected chi connectivity index (χ3v) is 6.02. The number of fused-ring (bicyclic) bond motifs is 1. The molecule has 0 aliphatic carbocycles. The first-order valence-corrected chi connectivity index (χ1v) is 10.9. The Hall–Kier alpha value is -3.29. The summed E-state index contributed by atoms with van der Waals surface area (Å²) in [5.41, 5.74) is 4.58. The number of hydrogen-bond donors (Lipinski definition) is 0. The second-order valence-corrected chi connectivity index (χ2v) is 8.20. The Kier molecular flexibility index (Phi) is 5.83. The molecule has 1 atom stereocenters. The van der Waals surface area contributed by atoms with E-state index in [1.165, 1.54) is 0 Å². The van der Waals surface area contributed by atoms with Crippen molar-refractivity contribution in [2.24, 2.45) is 0 Å². The fourth-order valence-corrected chi connectivity index (χ4v) is 4.11. The van der Waals surface area contributed by atoms with E-state index in [2.05, 4.69) is 15.3 Å². The van der Waals surface area contributed by atoms with E-state index >= 15 is 0 Å². The van der Waals surface area contributed by atoms with Gasteiger partial charge in [-0.3, -0.25) is 9.78 Å². The number of morpholine rings is 1. The van der Waals surface area contributed by atoms with Crippen molar-refractivity contribution in [1.82, 2.24) is 24.9 Å². The molecule has 3 heterocycles. The molecular formula is C24H22ClN5O2. The third kappa shape index (κ3) is 4.35. The van der Waals surface area contributed by atoms with Crippen LogP contribution in [0.2, 0.25) is 5.02 Å². The van der Waals surface area contributed by atoms with Crippen LogP contribution in [0.25, 0.3) is 11.0 Å². The Labute approximate surface area is 190 Å². The SMILES string of the molecule is O=C(Cn1nnc2ccccc21)N1CCOC(c2ccc(Cc3ccccc3Cl)cn2)C1. The normalized spacial score (nSPS) is 16.4. The lowest BCUT2D eigenvalue weighted by Crippen LogP contribution is -2.44. The number of benzene rings is 2. The van der Waals surface area contributed by atoms with Gasteiger partial charge in [0.05, 0.1) is 24.4 Å². The molecule has 4 aromatic rings. The average molecular weight is 448 g/mol. The van der Waals surface area contributed by atoms with E-state index in [1.54, 1.807) is 4.68 Å². The molecule has 2 aromatic heterocycles. The minimum Gasteiger partial charge on any atom is -0.368 e. The summed E-state index contributed by atoms with van der Waals surface area (Å²) < 4.78 is 7.56. The average Bonchev–Trinajstić information content (AvgIpc) is 3.24. The fourth-order valence-electron chi connectivity index (χ4n) is 3.91. The molecule has 2 aromatic carbocycles. The van der Waals surface area contributed by atoms with Gasteiger partial charge < -0.3 is 9.64 Å². The molecule has 0 spiro atoms. The van der Waals surface area contributed by atoms with E-state index in [0.717, 1.165) is 39.3 Å². The topological polar surface area (TPSA) is 73.1 Å². The quantitative estimate of drug-likeness (QED) is 0.466. The van der Waals surface area contributed by atoms with Crippen LogP contribution in [-0.2, 0) is 22.5 Å². The molecule has 0 N–H and O–H groups in total. The second-order valence-electron chi connectivity index (χ2n) is 7.79. The second kappa shape index (κ2) is 9.06. The Morgan fingerprint density at radius 1 is 1.09 bits per heavy atom. The van der Waals surface area contributed by atoms with Gasteiger partial charge in [0.2, 0.25) is 5.91 Å². The molecule has 0 saturated carbocycles. The number of pyridine rings is 1. The van der Waals surface area contributed by atoms with Gasteiger partial charge in [0.15, 0.2) is 0 Å². The van der Waals surface area contributed by atoms with Crippen LogP contribution in [0.5, 0.6) is 0 Å². The lowest BCUT2D eigenvalue weighted by Gasteiger charge is -2.32. The number of aromatic nitrogens is 4. The zero-order valence-corrected chi connectivity index (χ0v) is 18.2. The highest BCUT2D eigenvalue weighted by molar-refractivity contribution is 6.31. The first-order chi connectivity index (χ1) is 15.7. The van der Waals surface area contributed by atoms with Gasteiger partial charge >= 0.3 is 0 Å². The van der Waals surface area contributed by atoms with Gasteiger partial charge in [0.1, 0.15) is 18.2 Å². The van der Waals surface area contributed by atoms with Crippen LogP contribution in [0.1, 0.15) is 22.9 Å². The maximum atomic E-state index is 12.9. The lowest BCUT2D eigenvalue weighted by atomic mass is 10.1. The summed E-state index contributed by atoms with van der Waals surface area (Å²) in [5.74, 6) is -0.00991. The summed E-state index contributed by atoms with van der Waals surface area (Å²) in [7, 11) is 0. The smallest absolute Gasteiger partial charge is 0.244 e. The molecule has 1 saturated heterocycles. The molecule has 1 amide bonds. The number of amides is 1. The van der Waals surface area contributed by atoms with Gasteiger partial charge in [-0.2, -0.15) is 0 Å². The number of nitrogens with zero attached hydrogens (tertiary/aromatic N) is 5. The molecule has 1 aliphatic heterocycles. The summed E-state index contributed by atoms with van der Waals surface area (Å²) in [6.45, 7) is 1.63. The van der Waals surface area contributed by atoms with Crippen molar-refractivity contribution in [3.8, 4) is 0 Å². The van der Waals surface area contributed by atoms with Crippen LogP contribution in [0.15, 0.2) is 66.9 Å². The summed E-state index contributed by atoms with van der Waals surface area (Å²) in [6, 6.07) is 19.4. The van der Waals surface area contributed by atoms with Crippen LogP contribution >= 0.6 is 11.6 Å². The first-order valence-electron chi connectivity index (χ1n) is 10.5. The Morgan fingerprint density at radius 3 is 2.78 bits per heavy atom. The van der Waals surface area contributed by atoms with Crippen LogP contribution in [0.4, 0.5) is 0 Å². The van der Waals surface area contributed by atoms with E-state index in [0.29, 0.717) is 19.7 Å². The van der Waals surface area contributed by atoms with Crippen molar-refractivity contribution < 1.29 is 9.53 Å². The summed E-state index contributed by atoms with van der Waals surface area (Å²) in [6.07, 6.45) is 2.31. The van der Waals surface area contributed by atoms with Crippen molar-refractivity contribution >= 4 is 28.5 Å². The number of carbonyl (C=O) groups excluding carboxylic acids is 1. The van der Waals surface area contributed by atoms with E-state index < -0.39 is 0 Å². The van der Waals surface area contributed by atoms with Gasteiger partial charge in [0.25, 0.3) is 0 Å². The van der Waals surface area contributed by atoms with Crippen molar-refractivity contribution in [3.63, 3.8) is 0 Å². The van der Waals surface area contributed by atoms with Crippen LogP contribution in [0.3, 0.4) is 0 Å². The number of para-hydroxylation sites is 1. The van der Waals surface area contributed by atoms with Gasteiger partial charge in [-0.15, -0.1) is 5.10 Å². The number of rotatable bonds is 5. The third-order valence-electron chi connectivity index (χ3n) is 5.65. The fraction of sp³-hybridized carbons (Fsp3) is 0.250. The number of hydrogen-bond acceptors (Lipinski definition) is 5. The molecule has 7 nitrogen and oxygen atoms in total. The van der Waals surface area contributed by atoms with Gasteiger partial charge in [-0.1, -0.05) is 53.2 Å². The molecule has 8 heteroatoms. The minimum atomic E-state index is -0.255. The number of halogens is 1. The predicted molar refractivity (Wildman–Crippen MR) is 121 cm³/mol. The van der Waals surface area contributed by atoms with Crippen LogP contribution < -0.4 is 0 Å². The van der Waals surface area contributed by atoms with Gasteiger partial charge in [-0.05, 0) is 35.4 Å². The molecule has 32 heavy (non-hydrogen) atoms. The summed E-state index contributed by atoms with van der Waals surface area (Å²) >= 11 is 6.27. The van der Waals surface area contributed by atoms with Crippen molar-refractivity contribution in [3.05, 3.63) is 88.7 Å². The minimum absolute atomic E-state index is 0.00991. The van der Waals surface area contributed by atoms with Crippen molar-refractivity contribution in [2.45, 2.75) is 19.1 Å². The Balaban J connectivity index is 1.24. The maximum absolute atomic E-state index is 12.9. The van der Waals surface area contributed by atoms with Gasteiger partial charge in [0, 0.05) is 24.2 Å². The largest absolute Gasteiger partial charge is 0.368 e. The van der Waals surface area contributed by atoms with Gasteiger partial charge in [-0.25, -0.2) is 4.68 Å². The van der Waals surface area contributed by atoms with E-state index in [4.69, 9.17) is 16.3 Å². The molecule has 1 aliphatic rings. The Bertz CT molecular complexity index is 1240. The molecule has 162 valence electrons. The molecule has 0 bridgehead atoms. The molecule has 0 radical (unpaired) electrons. The molecule has 5 rings (SSSR count).